The summed E-state index contributed by atoms with van der Waals surface area (Å²) in [6, 6.07) is 0.815. The molecular formula is C7H14N2. The normalized spacial score (nSPS) is 50.7. The fraction of sp³-hybridized carbons (Fsp3) is 1.00. The lowest BCUT2D eigenvalue weighted by Gasteiger charge is -2.26. The SMILES string of the molecule is CN1C2CCC1(N)CC2. The van der Waals surface area contributed by atoms with Crippen molar-refractivity contribution in [3.8, 4) is 0 Å². The van der Waals surface area contributed by atoms with E-state index in [4.69, 9.17) is 5.73 Å². The van der Waals surface area contributed by atoms with Crippen LogP contribution in [0.2, 0.25) is 0 Å². The van der Waals surface area contributed by atoms with E-state index in [1.165, 1.54) is 25.7 Å². The van der Waals surface area contributed by atoms with Gasteiger partial charge in [-0.2, -0.15) is 0 Å². The maximum absolute atomic E-state index is 6.07. The minimum Gasteiger partial charge on any atom is -0.313 e. The fourth-order valence-corrected chi connectivity index (χ4v) is 2.21. The van der Waals surface area contributed by atoms with Crippen LogP contribution in [0.3, 0.4) is 0 Å². The molecule has 2 bridgehead atoms. The second-order valence-electron chi connectivity index (χ2n) is 3.45. The molecule has 9 heavy (non-hydrogen) atoms. The van der Waals surface area contributed by atoms with Crippen molar-refractivity contribution in [3.63, 3.8) is 0 Å². The Morgan fingerprint density at radius 2 is 2.00 bits per heavy atom. The number of hydrogen-bond acceptors (Lipinski definition) is 2. The molecule has 2 rings (SSSR count). The summed E-state index contributed by atoms with van der Waals surface area (Å²) in [6.45, 7) is 0. The quantitative estimate of drug-likeness (QED) is 0.513. The maximum atomic E-state index is 6.07. The maximum Gasteiger partial charge on any atom is 0.0688 e. The monoisotopic (exact) mass is 126 g/mol. The Kier molecular flexibility index (Phi) is 0.945. The first-order chi connectivity index (χ1) is 4.22. The van der Waals surface area contributed by atoms with Crippen LogP contribution in [0, 0.1) is 0 Å². The third-order valence-corrected chi connectivity index (χ3v) is 3.07. The molecule has 0 unspecified atom stereocenters. The van der Waals surface area contributed by atoms with Gasteiger partial charge in [0.2, 0.25) is 0 Å². The zero-order valence-electron chi connectivity index (χ0n) is 5.93. The average Bonchev–Trinajstić information content (AvgIpc) is 2.24. The van der Waals surface area contributed by atoms with Gasteiger partial charge in [0, 0.05) is 6.04 Å². The van der Waals surface area contributed by atoms with Gasteiger partial charge >= 0.3 is 0 Å². The molecule has 0 radical (unpaired) electrons. The molecule has 52 valence electrons. The van der Waals surface area contributed by atoms with E-state index in [1.54, 1.807) is 0 Å². The van der Waals surface area contributed by atoms with Gasteiger partial charge in [0.25, 0.3) is 0 Å². The smallest absolute Gasteiger partial charge is 0.0688 e. The molecule has 2 heterocycles. The lowest BCUT2D eigenvalue weighted by Crippen LogP contribution is -2.46. The zero-order chi connectivity index (χ0) is 6.48. The Balaban J connectivity index is 2.26. The molecule has 2 aliphatic rings. The molecule has 2 heteroatoms. The summed E-state index contributed by atoms with van der Waals surface area (Å²) in [4.78, 5) is 2.35. The van der Waals surface area contributed by atoms with Gasteiger partial charge < -0.3 is 5.73 Å². The van der Waals surface area contributed by atoms with E-state index in [0.717, 1.165) is 6.04 Å². The molecule has 2 fully saturated rings. The standard InChI is InChI=1S/C7H14N2/c1-9-6-2-4-7(9,8)5-3-6/h6H,2-5,8H2,1H3. The van der Waals surface area contributed by atoms with Crippen LogP contribution in [0.15, 0.2) is 0 Å². The lowest BCUT2D eigenvalue weighted by molar-refractivity contribution is 0.202. The molecule has 0 amide bonds. The summed E-state index contributed by atoms with van der Waals surface area (Å²) in [5, 5.41) is 0. The van der Waals surface area contributed by atoms with E-state index < -0.39 is 0 Å². The largest absolute Gasteiger partial charge is 0.313 e. The molecule has 0 aliphatic carbocycles. The van der Waals surface area contributed by atoms with Crippen LogP contribution in [-0.2, 0) is 0 Å². The van der Waals surface area contributed by atoms with E-state index in [9.17, 15) is 0 Å². The molecule has 2 saturated heterocycles. The first-order valence-electron chi connectivity index (χ1n) is 3.74. The van der Waals surface area contributed by atoms with Gasteiger partial charge in [-0.05, 0) is 32.7 Å². The molecule has 0 aromatic heterocycles. The highest BCUT2D eigenvalue weighted by Gasteiger charge is 2.46. The highest BCUT2D eigenvalue weighted by Crippen LogP contribution is 2.41. The van der Waals surface area contributed by atoms with Crippen molar-refractivity contribution in [1.82, 2.24) is 4.90 Å². The van der Waals surface area contributed by atoms with Crippen LogP contribution in [0.1, 0.15) is 25.7 Å². The van der Waals surface area contributed by atoms with Crippen molar-refractivity contribution in [1.29, 1.82) is 0 Å². The van der Waals surface area contributed by atoms with E-state index in [0.29, 0.717) is 0 Å². The fourth-order valence-electron chi connectivity index (χ4n) is 2.21. The molecule has 0 spiro atoms. The highest BCUT2D eigenvalue weighted by molar-refractivity contribution is 5.01. The number of hydrogen-bond donors (Lipinski definition) is 1. The minimum absolute atomic E-state index is 0.102. The Bertz CT molecular complexity index is 125. The van der Waals surface area contributed by atoms with Gasteiger partial charge in [-0.15, -0.1) is 0 Å². The summed E-state index contributed by atoms with van der Waals surface area (Å²) in [7, 11) is 2.16. The minimum atomic E-state index is 0.102. The summed E-state index contributed by atoms with van der Waals surface area (Å²) >= 11 is 0. The Hall–Kier alpha value is -0.0800. The third kappa shape index (κ3) is 0.578. The van der Waals surface area contributed by atoms with Crippen molar-refractivity contribution >= 4 is 0 Å². The number of rotatable bonds is 0. The van der Waals surface area contributed by atoms with Gasteiger partial charge in [-0.1, -0.05) is 0 Å². The van der Waals surface area contributed by atoms with Crippen molar-refractivity contribution < 1.29 is 0 Å². The van der Waals surface area contributed by atoms with Gasteiger partial charge in [0.05, 0.1) is 5.66 Å². The molecule has 2 aliphatic heterocycles. The Morgan fingerprint density at radius 3 is 2.11 bits per heavy atom. The third-order valence-electron chi connectivity index (χ3n) is 3.07. The van der Waals surface area contributed by atoms with E-state index in [1.807, 2.05) is 0 Å². The van der Waals surface area contributed by atoms with Crippen LogP contribution < -0.4 is 5.73 Å². The molecule has 0 aromatic carbocycles. The lowest BCUT2D eigenvalue weighted by atomic mass is 9.96. The van der Waals surface area contributed by atoms with E-state index in [2.05, 4.69) is 11.9 Å². The summed E-state index contributed by atoms with van der Waals surface area (Å²) in [5.41, 5.74) is 6.17. The van der Waals surface area contributed by atoms with Gasteiger partial charge in [0.15, 0.2) is 0 Å². The topological polar surface area (TPSA) is 29.3 Å². The van der Waals surface area contributed by atoms with Crippen LogP contribution in [0.25, 0.3) is 0 Å². The summed E-state index contributed by atoms with van der Waals surface area (Å²) in [6.07, 6.45) is 5.09. The number of nitrogens with zero attached hydrogens (tertiary/aromatic N) is 1. The van der Waals surface area contributed by atoms with Crippen LogP contribution in [0.4, 0.5) is 0 Å². The van der Waals surface area contributed by atoms with Gasteiger partial charge in [-0.3, -0.25) is 4.90 Å². The first-order valence-corrected chi connectivity index (χ1v) is 3.74. The van der Waals surface area contributed by atoms with Crippen LogP contribution >= 0.6 is 0 Å². The summed E-state index contributed by atoms with van der Waals surface area (Å²) in [5.74, 6) is 0. The predicted molar refractivity (Wildman–Crippen MR) is 36.9 cm³/mol. The number of nitrogens with two attached hydrogens (primary N) is 1. The van der Waals surface area contributed by atoms with Crippen molar-refractivity contribution in [3.05, 3.63) is 0 Å². The highest BCUT2D eigenvalue weighted by atomic mass is 15.3. The number of fused-ring (bicyclic) bond motifs is 2. The van der Waals surface area contributed by atoms with E-state index >= 15 is 0 Å². The molecular weight excluding hydrogens is 112 g/mol. The van der Waals surface area contributed by atoms with Crippen molar-refractivity contribution in [2.24, 2.45) is 5.73 Å². The molecule has 0 aromatic rings. The predicted octanol–water partition coefficient (Wildman–Crippen LogP) is 0.529. The second kappa shape index (κ2) is 1.50. The molecule has 0 saturated carbocycles. The zero-order valence-corrected chi connectivity index (χ0v) is 5.93. The molecule has 2 nitrogen and oxygen atoms in total. The average molecular weight is 126 g/mol. The molecule has 2 N–H and O–H groups in total. The first kappa shape index (κ1) is 5.69. The summed E-state index contributed by atoms with van der Waals surface area (Å²) < 4.78 is 0. The molecule has 0 atom stereocenters. The van der Waals surface area contributed by atoms with Crippen molar-refractivity contribution in [2.45, 2.75) is 37.4 Å². The van der Waals surface area contributed by atoms with Gasteiger partial charge in [0.1, 0.15) is 0 Å². The van der Waals surface area contributed by atoms with Crippen molar-refractivity contribution in [2.75, 3.05) is 7.05 Å². The van der Waals surface area contributed by atoms with Crippen LogP contribution in [0.5, 0.6) is 0 Å². The van der Waals surface area contributed by atoms with Gasteiger partial charge in [-0.25, -0.2) is 0 Å². The Labute approximate surface area is 56.0 Å². The second-order valence-corrected chi connectivity index (χ2v) is 3.45. The Morgan fingerprint density at radius 1 is 1.44 bits per heavy atom. The van der Waals surface area contributed by atoms with E-state index in [-0.39, 0.29) is 5.66 Å². The van der Waals surface area contributed by atoms with Crippen LogP contribution in [-0.4, -0.2) is 23.7 Å².